The zero-order valence-corrected chi connectivity index (χ0v) is 14.8. The number of hydrogen-bond donors (Lipinski definition) is 0. The van der Waals surface area contributed by atoms with Gasteiger partial charge in [0, 0.05) is 20.0 Å². The van der Waals surface area contributed by atoms with Crippen LogP contribution >= 0.6 is 0 Å². The normalized spacial score (nSPS) is 15.5. The smallest absolute Gasteiger partial charge is 0.236 e. The Kier molecular flexibility index (Phi) is 4.80. The third kappa shape index (κ3) is 3.26. The zero-order valence-electron chi connectivity index (χ0n) is 14.0. The minimum Gasteiger partial charge on any atom is -0.494 e. The molecule has 0 unspecified atom stereocenters. The van der Waals surface area contributed by atoms with Crippen LogP contribution in [0.5, 0.6) is 5.75 Å². The van der Waals surface area contributed by atoms with E-state index in [1.165, 1.54) is 0 Å². The Hall–Kier alpha value is -2.02. The second-order valence-electron chi connectivity index (χ2n) is 5.80. The van der Waals surface area contributed by atoms with E-state index in [4.69, 9.17) is 9.15 Å². The number of hydrogen-bond acceptors (Lipinski definition) is 6. The highest BCUT2D eigenvalue weighted by molar-refractivity contribution is 7.91. The van der Waals surface area contributed by atoms with E-state index in [-0.39, 0.29) is 9.92 Å². The fraction of sp³-hybridized carbons (Fsp3) is 0.471. The second-order valence-corrected chi connectivity index (χ2v) is 7.66. The summed E-state index contributed by atoms with van der Waals surface area (Å²) < 4.78 is 37.0. The summed E-state index contributed by atoms with van der Waals surface area (Å²) in [7, 11) is -3.73. The molecule has 6 nitrogen and oxygen atoms in total. The molecule has 7 heteroatoms. The number of anilines is 1. The van der Waals surface area contributed by atoms with E-state index in [1.807, 2.05) is 11.8 Å². The largest absolute Gasteiger partial charge is 0.494 e. The lowest BCUT2D eigenvalue weighted by Gasteiger charge is -2.26. The number of piperidine rings is 1. The number of sulfone groups is 1. The Bertz CT molecular complexity index is 790. The van der Waals surface area contributed by atoms with Crippen LogP contribution in [-0.4, -0.2) is 33.1 Å². The first-order chi connectivity index (χ1) is 11.5. The minimum absolute atomic E-state index is 0.00561. The third-order valence-corrected chi connectivity index (χ3v) is 5.70. The lowest BCUT2D eigenvalue weighted by atomic mass is 10.1. The molecule has 1 aliphatic heterocycles. The van der Waals surface area contributed by atoms with Gasteiger partial charge in [-0.15, -0.1) is 0 Å². The number of rotatable bonds is 5. The first kappa shape index (κ1) is 16.8. The van der Waals surface area contributed by atoms with Crippen molar-refractivity contribution in [2.75, 3.05) is 24.6 Å². The SMILES string of the molecule is CCOc1ccc(S(=O)(=O)c2nc(C)oc2N2CCCCC2)cc1. The van der Waals surface area contributed by atoms with Crippen LogP contribution in [0.4, 0.5) is 5.88 Å². The van der Waals surface area contributed by atoms with Crippen molar-refractivity contribution < 1.29 is 17.6 Å². The van der Waals surface area contributed by atoms with Gasteiger partial charge in [0.15, 0.2) is 5.89 Å². The number of benzene rings is 1. The van der Waals surface area contributed by atoms with Crippen molar-refractivity contribution in [2.24, 2.45) is 0 Å². The van der Waals surface area contributed by atoms with Gasteiger partial charge in [-0.3, -0.25) is 0 Å². The maximum absolute atomic E-state index is 13.0. The topological polar surface area (TPSA) is 72.6 Å². The Morgan fingerprint density at radius 3 is 2.46 bits per heavy atom. The quantitative estimate of drug-likeness (QED) is 0.824. The van der Waals surface area contributed by atoms with Crippen molar-refractivity contribution in [3.05, 3.63) is 30.2 Å². The van der Waals surface area contributed by atoms with Gasteiger partial charge in [0.05, 0.1) is 11.5 Å². The first-order valence-corrected chi connectivity index (χ1v) is 9.71. The van der Waals surface area contributed by atoms with Crippen molar-refractivity contribution >= 4 is 15.7 Å². The van der Waals surface area contributed by atoms with E-state index in [1.54, 1.807) is 31.2 Å². The molecule has 0 N–H and O–H groups in total. The summed E-state index contributed by atoms with van der Waals surface area (Å²) in [6.07, 6.45) is 3.22. The van der Waals surface area contributed by atoms with Gasteiger partial charge in [0.1, 0.15) is 5.75 Å². The standard InChI is InChI=1S/C17H22N2O4S/c1-3-22-14-7-9-15(10-8-14)24(20,21)16-17(23-13(2)18-16)19-11-5-4-6-12-19/h7-10H,3-6,11-12H2,1-2H3. The van der Waals surface area contributed by atoms with E-state index in [2.05, 4.69) is 4.98 Å². The molecule has 1 aliphatic rings. The Balaban J connectivity index is 1.97. The molecule has 1 aromatic heterocycles. The summed E-state index contributed by atoms with van der Waals surface area (Å²) in [5, 5.41) is 0.00561. The summed E-state index contributed by atoms with van der Waals surface area (Å²) in [5.41, 5.74) is 0. The monoisotopic (exact) mass is 350 g/mol. The van der Waals surface area contributed by atoms with Crippen LogP contribution in [0.1, 0.15) is 32.1 Å². The number of oxazole rings is 1. The summed E-state index contributed by atoms with van der Waals surface area (Å²) >= 11 is 0. The average Bonchev–Trinajstić information content (AvgIpc) is 2.99. The molecular formula is C17H22N2O4S. The maximum Gasteiger partial charge on any atom is 0.236 e. The number of aromatic nitrogens is 1. The van der Waals surface area contributed by atoms with Gasteiger partial charge in [-0.05, 0) is 50.5 Å². The van der Waals surface area contributed by atoms with E-state index in [9.17, 15) is 8.42 Å². The predicted molar refractivity (Wildman–Crippen MR) is 90.4 cm³/mol. The molecule has 0 atom stereocenters. The third-order valence-electron chi connectivity index (χ3n) is 4.03. The van der Waals surface area contributed by atoms with Crippen LogP contribution in [0, 0.1) is 6.92 Å². The molecule has 130 valence electrons. The fourth-order valence-corrected chi connectivity index (χ4v) is 4.23. The first-order valence-electron chi connectivity index (χ1n) is 8.22. The van der Waals surface area contributed by atoms with Crippen molar-refractivity contribution in [3.63, 3.8) is 0 Å². The molecule has 1 saturated heterocycles. The minimum atomic E-state index is -3.73. The highest BCUT2D eigenvalue weighted by Gasteiger charge is 2.30. The fourth-order valence-electron chi connectivity index (χ4n) is 2.86. The maximum atomic E-state index is 13.0. The van der Waals surface area contributed by atoms with Crippen molar-refractivity contribution in [1.29, 1.82) is 0 Å². The van der Waals surface area contributed by atoms with Gasteiger partial charge >= 0.3 is 0 Å². The zero-order chi connectivity index (χ0) is 17.2. The van der Waals surface area contributed by atoms with Crippen molar-refractivity contribution in [1.82, 2.24) is 4.98 Å². The van der Waals surface area contributed by atoms with Crippen molar-refractivity contribution in [2.45, 2.75) is 43.0 Å². The molecule has 0 amide bonds. The molecule has 0 spiro atoms. The molecule has 0 radical (unpaired) electrons. The molecule has 0 bridgehead atoms. The van der Waals surface area contributed by atoms with Crippen molar-refractivity contribution in [3.8, 4) is 5.75 Å². The van der Waals surface area contributed by atoms with E-state index in [0.717, 1.165) is 32.4 Å². The summed E-state index contributed by atoms with van der Waals surface area (Å²) in [6, 6.07) is 6.41. The number of ether oxygens (including phenoxy) is 1. The van der Waals surface area contributed by atoms with Crippen LogP contribution in [0.15, 0.2) is 38.6 Å². The van der Waals surface area contributed by atoms with Gasteiger partial charge in [0.25, 0.3) is 0 Å². The van der Waals surface area contributed by atoms with Crippen LogP contribution in [0.2, 0.25) is 0 Å². The lowest BCUT2D eigenvalue weighted by Crippen LogP contribution is -2.30. The summed E-state index contributed by atoms with van der Waals surface area (Å²) in [5.74, 6) is 1.37. The second kappa shape index (κ2) is 6.84. The number of aryl methyl sites for hydroxylation is 1. The van der Waals surface area contributed by atoms with Gasteiger partial charge in [-0.2, -0.15) is 4.98 Å². The van der Waals surface area contributed by atoms with Gasteiger partial charge in [-0.25, -0.2) is 8.42 Å². The summed E-state index contributed by atoms with van der Waals surface area (Å²) in [6.45, 7) is 5.67. The molecule has 1 aromatic carbocycles. The molecular weight excluding hydrogens is 328 g/mol. The Morgan fingerprint density at radius 1 is 1.17 bits per heavy atom. The van der Waals surface area contributed by atoms with E-state index >= 15 is 0 Å². The predicted octanol–water partition coefficient (Wildman–Crippen LogP) is 3.20. The highest BCUT2D eigenvalue weighted by atomic mass is 32.2. The van der Waals surface area contributed by atoms with Crippen LogP contribution in [-0.2, 0) is 9.84 Å². The Labute approximate surface area is 142 Å². The summed E-state index contributed by atoms with van der Waals surface area (Å²) in [4.78, 5) is 6.33. The van der Waals surface area contributed by atoms with Gasteiger partial charge in [0.2, 0.25) is 20.7 Å². The Morgan fingerprint density at radius 2 is 1.83 bits per heavy atom. The molecule has 2 aromatic rings. The van der Waals surface area contributed by atoms with E-state index in [0.29, 0.717) is 24.1 Å². The van der Waals surface area contributed by atoms with Gasteiger partial charge in [-0.1, -0.05) is 0 Å². The number of nitrogens with zero attached hydrogens (tertiary/aromatic N) is 2. The molecule has 2 heterocycles. The molecule has 0 saturated carbocycles. The average molecular weight is 350 g/mol. The van der Waals surface area contributed by atoms with Crippen LogP contribution < -0.4 is 9.64 Å². The molecule has 0 aliphatic carbocycles. The lowest BCUT2D eigenvalue weighted by molar-refractivity contribution is 0.340. The molecule has 24 heavy (non-hydrogen) atoms. The van der Waals surface area contributed by atoms with Crippen LogP contribution in [0.3, 0.4) is 0 Å². The molecule has 3 rings (SSSR count). The van der Waals surface area contributed by atoms with E-state index < -0.39 is 9.84 Å². The van der Waals surface area contributed by atoms with Crippen LogP contribution in [0.25, 0.3) is 0 Å². The highest BCUT2D eigenvalue weighted by Crippen LogP contribution is 2.32. The molecule has 1 fully saturated rings. The van der Waals surface area contributed by atoms with Gasteiger partial charge < -0.3 is 14.1 Å².